The van der Waals surface area contributed by atoms with Crippen LogP contribution >= 0.6 is 7.60 Å². The molecule has 0 bridgehead atoms. The molecule has 86 valence electrons. The number of rotatable bonds is 3. The van der Waals surface area contributed by atoms with Crippen LogP contribution in [0, 0.1) is 0 Å². The fraction of sp³-hybridized carbons (Fsp3) is 1.00. The number of hydrogen-bond donors (Lipinski definition) is 1. The zero-order valence-electron chi connectivity index (χ0n) is 9.83. The summed E-state index contributed by atoms with van der Waals surface area (Å²) in [6.45, 7) is 10.6. The molecule has 0 saturated heterocycles. The summed E-state index contributed by atoms with van der Waals surface area (Å²) in [7, 11) is -3.39. The van der Waals surface area contributed by atoms with Gasteiger partial charge in [-0.1, -0.05) is 0 Å². The Hall–Kier alpha value is 0.110. The SMILES string of the molecule is CC(C)(C)OP(=O)(CO)OC(C)(C)C. The molecule has 0 aromatic carbocycles. The third-order valence-electron chi connectivity index (χ3n) is 0.999. The minimum atomic E-state index is -3.39. The van der Waals surface area contributed by atoms with Gasteiger partial charge in [0.25, 0.3) is 0 Å². The van der Waals surface area contributed by atoms with Crippen LogP contribution in [-0.2, 0) is 13.6 Å². The molecule has 0 unspecified atom stereocenters. The summed E-state index contributed by atoms with van der Waals surface area (Å²) in [5.41, 5.74) is -1.19. The van der Waals surface area contributed by atoms with Crippen LogP contribution in [0.15, 0.2) is 0 Å². The highest BCUT2D eigenvalue weighted by Gasteiger charge is 2.34. The van der Waals surface area contributed by atoms with Gasteiger partial charge in [0.15, 0.2) is 0 Å². The summed E-state index contributed by atoms with van der Waals surface area (Å²) in [6.07, 6.45) is -0.596. The van der Waals surface area contributed by atoms with Crippen LogP contribution in [0.4, 0.5) is 0 Å². The van der Waals surface area contributed by atoms with Crippen molar-refractivity contribution in [1.82, 2.24) is 0 Å². The first-order valence-corrected chi connectivity index (χ1v) is 6.32. The molecule has 0 aliphatic rings. The van der Waals surface area contributed by atoms with Gasteiger partial charge in [-0.15, -0.1) is 0 Å². The maximum atomic E-state index is 11.9. The second-order valence-corrected chi connectivity index (χ2v) is 7.03. The van der Waals surface area contributed by atoms with Crippen LogP contribution in [0.3, 0.4) is 0 Å². The molecule has 0 aliphatic heterocycles. The van der Waals surface area contributed by atoms with E-state index in [0.717, 1.165) is 0 Å². The zero-order chi connectivity index (χ0) is 11.6. The number of aliphatic hydroxyl groups is 1. The van der Waals surface area contributed by atoms with Gasteiger partial charge in [0.2, 0.25) is 0 Å². The lowest BCUT2D eigenvalue weighted by Gasteiger charge is -2.30. The van der Waals surface area contributed by atoms with E-state index in [1.165, 1.54) is 0 Å². The van der Waals surface area contributed by atoms with Crippen molar-refractivity contribution in [2.75, 3.05) is 6.35 Å². The van der Waals surface area contributed by atoms with E-state index in [2.05, 4.69) is 0 Å². The number of aliphatic hydroxyl groups excluding tert-OH is 1. The predicted molar refractivity (Wildman–Crippen MR) is 56.4 cm³/mol. The van der Waals surface area contributed by atoms with Crippen LogP contribution in [-0.4, -0.2) is 22.7 Å². The van der Waals surface area contributed by atoms with Crippen molar-refractivity contribution in [3.8, 4) is 0 Å². The van der Waals surface area contributed by atoms with Gasteiger partial charge in [-0.05, 0) is 41.5 Å². The van der Waals surface area contributed by atoms with Crippen molar-refractivity contribution in [3.05, 3.63) is 0 Å². The molecule has 0 rings (SSSR count). The predicted octanol–water partition coefficient (Wildman–Crippen LogP) is 2.76. The summed E-state index contributed by atoms with van der Waals surface area (Å²) in [4.78, 5) is 0. The highest BCUT2D eigenvalue weighted by Crippen LogP contribution is 2.53. The maximum Gasteiger partial charge on any atom is 0.356 e. The number of hydrogen-bond acceptors (Lipinski definition) is 4. The summed E-state index contributed by atoms with van der Waals surface area (Å²) >= 11 is 0. The van der Waals surface area contributed by atoms with Gasteiger partial charge in [0, 0.05) is 0 Å². The van der Waals surface area contributed by atoms with E-state index in [1.54, 1.807) is 41.5 Å². The zero-order valence-corrected chi connectivity index (χ0v) is 10.7. The third kappa shape index (κ3) is 6.55. The van der Waals surface area contributed by atoms with Crippen molar-refractivity contribution in [1.29, 1.82) is 0 Å². The maximum absolute atomic E-state index is 11.9. The Morgan fingerprint density at radius 1 is 1.00 bits per heavy atom. The van der Waals surface area contributed by atoms with Crippen LogP contribution in [0.5, 0.6) is 0 Å². The molecule has 0 fully saturated rings. The van der Waals surface area contributed by atoms with Crippen molar-refractivity contribution in [3.63, 3.8) is 0 Å². The Labute approximate surface area is 86.1 Å². The first kappa shape index (κ1) is 14.1. The molecule has 0 aromatic heterocycles. The fourth-order valence-corrected chi connectivity index (χ4v) is 2.73. The Bertz CT molecular complexity index is 204. The Morgan fingerprint density at radius 3 is 1.43 bits per heavy atom. The second kappa shape index (κ2) is 4.31. The average molecular weight is 224 g/mol. The van der Waals surface area contributed by atoms with E-state index in [9.17, 15) is 4.57 Å². The third-order valence-corrected chi connectivity index (χ3v) is 3.00. The van der Waals surface area contributed by atoms with Gasteiger partial charge in [0.1, 0.15) is 6.35 Å². The van der Waals surface area contributed by atoms with Gasteiger partial charge in [-0.25, -0.2) is 0 Å². The molecule has 14 heavy (non-hydrogen) atoms. The fourth-order valence-electron chi connectivity index (χ4n) is 0.911. The topological polar surface area (TPSA) is 55.8 Å². The molecule has 0 amide bonds. The van der Waals surface area contributed by atoms with E-state index in [4.69, 9.17) is 14.2 Å². The van der Waals surface area contributed by atoms with Gasteiger partial charge in [0.05, 0.1) is 11.2 Å². The molecule has 0 aliphatic carbocycles. The van der Waals surface area contributed by atoms with E-state index in [0.29, 0.717) is 0 Å². The van der Waals surface area contributed by atoms with Crippen LogP contribution in [0.1, 0.15) is 41.5 Å². The quantitative estimate of drug-likeness (QED) is 0.749. The van der Waals surface area contributed by atoms with Gasteiger partial charge < -0.3 is 14.2 Å². The lowest BCUT2D eigenvalue weighted by Crippen LogP contribution is -2.24. The molecule has 5 heteroatoms. The van der Waals surface area contributed by atoms with Crippen molar-refractivity contribution in [2.45, 2.75) is 52.7 Å². The Morgan fingerprint density at radius 2 is 1.29 bits per heavy atom. The van der Waals surface area contributed by atoms with E-state index in [1.807, 2.05) is 0 Å². The molecule has 1 N–H and O–H groups in total. The first-order valence-electron chi connectivity index (χ1n) is 4.59. The first-order chi connectivity index (χ1) is 5.97. The minimum absolute atomic E-state index is 0.594. The molecule has 0 saturated carbocycles. The van der Waals surface area contributed by atoms with E-state index >= 15 is 0 Å². The molecule has 0 aromatic rings. The summed E-state index contributed by atoms with van der Waals surface area (Å²) in [5.74, 6) is 0. The average Bonchev–Trinajstić information content (AvgIpc) is 1.78. The molecule has 0 spiro atoms. The smallest absolute Gasteiger partial charge is 0.356 e. The van der Waals surface area contributed by atoms with Crippen molar-refractivity contribution < 1.29 is 18.7 Å². The summed E-state index contributed by atoms with van der Waals surface area (Å²) in [6, 6.07) is 0. The summed E-state index contributed by atoms with van der Waals surface area (Å²) in [5, 5.41) is 9.00. The van der Waals surface area contributed by atoms with Crippen LogP contribution < -0.4 is 0 Å². The van der Waals surface area contributed by atoms with Crippen LogP contribution in [0.25, 0.3) is 0 Å². The largest absolute Gasteiger partial charge is 0.384 e. The minimum Gasteiger partial charge on any atom is -0.384 e. The normalized spacial score (nSPS) is 14.5. The Kier molecular flexibility index (Phi) is 4.35. The monoisotopic (exact) mass is 224 g/mol. The van der Waals surface area contributed by atoms with Gasteiger partial charge in [-0.3, -0.25) is 4.57 Å². The van der Waals surface area contributed by atoms with E-state index in [-0.39, 0.29) is 0 Å². The highest BCUT2D eigenvalue weighted by molar-refractivity contribution is 7.53. The lowest BCUT2D eigenvalue weighted by molar-refractivity contribution is 0.0403. The highest BCUT2D eigenvalue weighted by atomic mass is 31.2. The second-order valence-electron chi connectivity index (χ2n) is 5.16. The van der Waals surface area contributed by atoms with Gasteiger partial charge >= 0.3 is 7.60 Å². The lowest BCUT2D eigenvalue weighted by atomic mass is 10.2. The standard InChI is InChI=1S/C9H21O4P/c1-8(2,3)12-14(11,7-10)13-9(4,5)6/h10H,7H2,1-6H3. The molecule has 0 heterocycles. The van der Waals surface area contributed by atoms with Crippen molar-refractivity contribution in [2.24, 2.45) is 0 Å². The molecular weight excluding hydrogens is 203 g/mol. The van der Waals surface area contributed by atoms with Crippen molar-refractivity contribution >= 4 is 7.60 Å². The van der Waals surface area contributed by atoms with E-state index < -0.39 is 25.1 Å². The van der Waals surface area contributed by atoms with Gasteiger partial charge in [-0.2, -0.15) is 0 Å². The molecule has 4 nitrogen and oxygen atoms in total. The summed E-state index contributed by atoms with van der Waals surface area (Å²) < 4.78 is 22.4. The molecule has 0 radical (unpaired) electrons. The Balaban J connectivity index is 4.59. The van der Waals surface area contributed by atoms with Crippen LogP contribution in [0.2, 0.25) is 0 Å². The molecular formula is C9H21O4P. The molecule has 0 atom stereocenters.